The molecule has 2 saturated carbocycles. The highest BCUT2D eigenvalue weighted by molar-refractivity contribution is 5.91. The van der Waals surface area contributed by atoms with E-state index in [1.165, 1.54) is 0 Å². The van der Waals surface area contributed by atoms with Gasteiger partial charge in [-0.1, -0.05) is 20.4 Å². The molecule has 0 aromatic heterocycles. The van der Waals surface area contributed by atoms with Crippen molar-refractivity contribution in [2.45, 2.75) is 45.6 Å². The van der Waals surface area contributed by atoms with Crippen LogP contribution in [0.4, 0.5) is 0 Å². The van der Waals surface area contributed by atoms with E-state index in [9.17, 15) is 9.59 Å². The van der Waals surface area contributed by atoms with Crippen LogP contribution in [0.1, 0.15) is 39.5 Å². The summed E-state index contributed by atoms with van der Waals surface area (Å²) < 4.78 is 5.56. The van der Waals surface area contributed by atoms with E-state index in [-0.39, 0.29) is 34.7 Å². The van der Waals surface area contributed by atoms with E-state index in [0.29, 0.717) is 5.57 Å². The van der Waals surface area contributed by atoms with Crippen LogP contribution in [-0.2, 0) is 14.3 Å². The summed E-state index contributed by atoms with van der Waals surface area (Å²) in [5.41, 5.74) is 0.409. The van der Waals surface area contributed by atoms with Crippen molar-refractivity contribution in [3.05, 3.63) is 12.2 Å². The van der Waals surface area contributed by atoms with Gasteiger partial charge in [0.05, 0.1) is 0 Å². The zero-order valence-electron chi connectivity index (χ0n) is 11.1. The highest BCUT2D eigenvalue weighted by Gasteiger charge is 2.62. The Labute approximate surface area is 108 Å². The molecule has 3 aliphatic rings. The van der Waals surface area contributed by atoms with Crippen LogP contribution in [0.5, 0.6) is 0 Å². The van der Waals surface area contributed by atoms with Gasteiger partial charge in [0.1, 0.15) is 12.4 Å². The molecule has 1 saturated heterocycles. The van der Waals surface area contributed by atoms with Crippen LogP contribution in [0.25, 0.3) is 0 Å². The van der Waals surface area contributed by atoms with Crippen molar-refractivity contribution in [3.8, 4) is 0 Å². The molecule has 0 N–H and O–H groups in total. The van der Waals surface area contributed by atoms with E-state index in [0.717, 1.165) is 32.0 Å². The molecule has 0 bridgehead atoms. The molecular weight excluding hydrogens is 228 g/mol. The Hall–Kier alpha value is -1.12. The summed E-state index contributed by atoms with van der Waals surface area (Å²) in [6.45, 7) is 8.14. The number of fused-ring (bicyclic) bond motifs is 3. The molecule has 0 spiro atoms. The summed E-state index contributed by atoms with van der Waals surface area (Å²) in [4.78, 5) is 23.2. The van der Waals surface area contributed by atoms with Crippen LogP contribution in [0.2, 0.25) is 0 Å². The molecule has 98 valence electrons. The first kappa shape index (κ1) is 11.9. The zero-order chi connectivity index (χ0) is 13.1. The number of ether oxygens (including phenoxy) is 1. The van der Waals surface area contributed by atoms with Gasteiger partial charge >= 0.3 is 5.97 Å². The van der Waals surface area contributed by atoms with E-state index in [4.69, 9.17) is 4.74 Å². The number of aldehydes is 1. The SMILES string of the molecule is C=C1C(=O)OC2C1CCC1(C)CCC(C)(C=O)C21. The standard InChI is InChI=1S/C15H20O3/c1-9-10-4-5-14(2)6-7-15(3,8-16)12(14)11(10)18-13(9)17/h8,10-12H,1,4-7H2,2-3H3. The van der Waals surface area contributed by atoms with Gasteiger partial charge in [0.15, 0.2) is 0 Å². The average molecular weight is 248 g/mol. The van der Waals surface area contributed by atoms with E-state index in [2.05, 4.69) is 13.5 Å². The Balaban J connectivity index is 2.03. The Bertz CT molecular complexity index is 441. The number of hydrogen-bond donors (Lipinski definition) is 0. The molecule has 5 atom stereocenters. The second-order valence-electron chi connectivity index (χ2n) is 6.80. The monoisotopic (exact) mass is 248 g/mol. The molecule has 1 aliphatic heterocycles. The maximum absolute atomic E-state index is 11.7. The van der Waals surface area contributed by atoms with Gasteiger partial charge in [-0.05, 0) is 31.1 Å². The second kappa shape index (κ2) is 3.46. The van der Waals surface area contributed by atoms with Crippen LogP contribution in [-0.4, -0.2) is 18.4 Å². The van der Waals surface area contributed by atoms with Crippen molar-refractivity contribution in [1.82, 2.24) is 0 Å². The van der Waals surface area contributed by atoms with Crippen LogP contribution in [0, 0.1) is 22.7 Å². The third-order valence-corrected chi connectivity index (χ3v) is 5.67. The third kappa shape index (κ3) is 1.30. The molecule has 5 unspecified atom stereocenters. The number of rotatable bonds is 1. The molecular formula is C15H20O3. The van der Waals surface area contributed by atoms with Gasteiger partial charge < -0.3 is 9.53 Å². The molecule has 18 heavy (non-hydrogen) atoms. The quantitative estimate of drug-likeness (QED) is 0.407. The normalized spacial score (nSPS) is 50.7. The lowest BCUT2D eigenvalue weighted by Crippen LogP contribution is -2.47. The minimum absolute atomic E-state index is 0.124. The highest BCUT2D eigenvalue weighted by atomic mass is 16.6. The van der Waals surface area contributed by atoms with Crippen molar-refractivity contribution < 1.29 is 14.3 Å². The summed E-state index contributed by atoms with van der Waals surface area (Å²) >= 11 is 0. The van der Waals surface area contributed by atoms with Crippen LogP contribution in [0.15, 0.2) is 12.2 Å². The number of esters is 1. The lowest BCUT2D eigenvalue weighted by atomic mass is 9.59. The lowest BCUT2D eigenvalue weighted by Gasteiger charge is -2.46. The topological polar surface area (TPSA) is 43.4 Å². The van der Waals surface area contributed by atoms with Crippen molar-refractivity contribution in [2.75, 3.05) is 0 Å². The van der Waals surface area contributed by atoms with E-state index >= 15 is 0 Å². The minimum Gasteiger partial charge on any atom is -0.458 e. The minimum atomic E-state index is -0.344. The molecule has 3 heteroatoms. The number of hydrogen-bond acceptors (Lipinski definition) is 3. The second-order valence-corrected chi connectivity index (χ2v) is 6.80. The van der Waals surface area contributed by atoms with Crippen molar-refractivity contribution in [1.29, 1.82) is 0 Å². The van der Waals surface area contributed by atoms with E-state index in [1.807, 2.05) is 6.92 Å². The molecule has 0 aromatic rings. The van der Waals surface area contributed by atoms with Crippen molar-refractivity contribution in [3.63, 3.8) is 0 Å². The summed E-state index contributed by atoms with van der Waals surface area (Å²) in [5.74, 6) is 0.0341. The fourth-order valence-corrected chi connectivity index (χ4v) is 4.60. The van der Waals surface area contributed by atoms with Crippen LogP contribution < -0.4 is 0 Å². The zero-order valence-corrected chi connectivity index (χ0v) is 11.1. The van der Waals surface area contributed by atoms with Gasteiger partial charge in [-0.15, -0.1) is 0 Å². The lowest BCUT2D eigenvalue weighted by molar-refractivity contribution is -0.150. The summed E-state index contributed by atoms with van der Waals surface area (Å²) in [5, 5.41) is 0. The Kier molecular flexibility index (Phi) is 2.30. The smallest absolute Gasteiger partial charge is 0.334 e. The van der Waals surface area contributed by atoms with Gasteiger partial charge in [0.25, 0.3) is 0 Å². The molecule has 0 radical (unpaired) electrons. The Morgan fingerprint density at radius 1 is 1.33 bits per heavy atom. The van der Waals surface area contributed by atoms with Gasteiger partial charge in [-0.25, -0.2) is 4.79 Å². The van der Waals surface area contributed by atoms with Gasteiger partial charge in [0.2, 0.25) is 0 Å². The first-order valence-electron chi connectivity index (χ1n) is 6.77. The largest absolute Gasteiger partial charge is 0.458 e. The van der Waals surface area contributed by atoms with Crippen LogP contribution in [0.3, 0.4) is 0 Å². The van der Waals surface area contributed by atoms with Gasteiger partial charge in [-0.3, -0.25) is 0 Å². The fourth-order valence-electron chi connectivity index (χ4n) is 4.60. The predicted molar refractivity (Wildman–Crippen MR) is 66.7 cm³/mol. The molecule has 0 aromatic carbocycles. The molecule has 0 amide bonds. The number of carbonyl (C=O) groups is 2. The maximum atomic E-state index is 11.7. The Morgan fingerprint density at radius 2 is 2.06 bits per heavy atom. The summed E-state index contributed by atoms with van der Waals surface area (Å²) in [6, 6.07) is 0. The fraction of sp³-hybridized carbons (Fsp3) is 0.733. The Morgan fingerprint density at radius 3 is 2.72 bits per heavy atom. The average Bonchev–Trinajstić information content (AvgIpc) is 2.77. The summed E-state index contributed by atoms with van der Waals surface area (Å²) in [6.07, 6.45) is 4.96. The first-order chi connectivity index (χ1) is 8.41. The summed E-state index contributed by atoms with van der Waals surface area (Å²) in [7, 11) is 0. The van der Waals surface area contributed by atoms with Crippen molar-refractivity contribution in [2.24, 2.45) is 22.7 Å². The van der Waals surface area contributed by atoms with Crippen LogP contribution >= 0.6 is 0 Å². The predicted octanol–water partition coefficient (Wildman–Crippen LogP) is 2.50. The molecule has 3 nitrogen and oxygen atoms in total. The number of carbonyl (C=O) groups excluding carboxylic acids is 2. The molecule has 3 fully saturated rings. The molecule has 1 heterocycles. The van der Waals surface area contributed by atoms with Gasteiger partial charge in [0, 0.05) is 22.8 Å². The molecule has 2 aliphatic carbocycles. The first-order valence-corrected chi connectivity index (χ1v) is 6.77. The van der Waals surface area contributed by atoms with Gasteiger partial charge in [-0.2, -0.15) is 0 Å². The highest BCUT2D eigenvalue weighted by Crippen LogP contribution is 2.63. The third-order valence-electron chi connectivity index (χ3n) is 5.67. The maximum Gasteiger partial charge on any atom is 0.334 e. The van der Waals surface area contributed by atoms with Crippen molar-refractivity contribution >= 4 is 12.3 Å². The molecule has 3 rings (SSSR count). The van der Waals surface area contributed by atoms with E-state index < -0.39 is 0 Å². The van der Waals surface area contributed by atoms with E-state index in [1.54, 1.807) is 0 Å².